The highest BCUT2D eigenvalue weighted by Gasteiger charge is 2.33. The first-order valence-corrected chi connectivity index (χ1v) is 20.6. The highest BCUT2D eigenvalue weighted by Crippen LogP contribution is 2.35. The number of sulfone groups is 2. The third kappa shape index (κ3) is 10.3. The molecule has 0 unspecified atom stereocenters. The first-order chi connectivity index (χ1) is 24.3. The molecule has 52 heavy (non-hydrogen) atoms. The lowest BCUT2D eigenvalue weighted by Crippen LogP contribution is -2.32. The lowest BCUT2D eigenvalue weighted by molar-refractivity contribution is 0.0104. The first kappa shape index (κ1) is 39.6. The number of rotatable bonds is 8. The molecular weight excluding hydrogens is 717 g/mol. The summed E-state index contributed by atoms with van der Waals surface area (Å²) in [6.07, 6.45) is 5.17. The van der Waals surface area contributed by atoms with Crippen LogP contribution in [0.1, 0.15) is 65.2 Å². The molecule has 2 aliphatic carbocycles. The molecule has 0 bridgehead atoms. The van der Waals surface area contributed by atoms with Crippen LogP contribution in [0.4, 0.5) is 17.6 Å². The molecule has 6 rings (SSSR count). The van der Waals surface area contributed by atoms with Crippen LogP contribution >= 0.6 is 0 Å². The van der Waals surface area contributed by atoms with Gasteiger partial charge >= 0.3 is 0 Å². The minimum atomic E-state index is -3.45. The molecule has 0 aromatic heterocycles. The molecule has 0 atom stereocenters. The van der Waals surface area contributed by atoms with E-state index in [0.717, 1.165) is 12.1 Å². The molecule has 0 heterocycles. The van der Waals surface area contributed by atoms with Gasteiger partial charge in [-0.2, -0.15) is 0 Å². The minimum Gasteiger partial charge on any atom is -0.390 e. The van der Waals surface area contributed by atoms with E-state index in [0.29, 0.717) is 62.5 Å². The van der Waals surface area contributed by atoms with Crippen molar-refractivity contribution in [2.45, 2.75) is 86.2 Å². The van der Waals surface area contributed by atoms with Crippen LogP contribution in [-0.2, 0) is 19.7 Å². The van der Waals surface area contributed by atoms with Crippen molar-refractivity contribution in [3.63, 3.8) is 0 Å². The first-order valence-electron chi connectivity index (χ1n) is 17.3. The fourth-order valence-electron chi connectivity index (χ4n) is 6.88. The van der Waals surface area contributed by atoms with E-state index in [4.69, 9.17) is 0 Å². The fraction of sp³-hybridized carbons (Fsp3) is 0.400. The average Bonchev–Trinajstić information content (AvgIpc) is 3.07. The second-order valence-corrected chi connectivity index (χ2v) is 18.8. The Morgan fingerprint density at radius 2 is 0.846 bits per heavy atom. The van der Waals surface area contributed by atoms with Crippen molar-refractivity contribution < 1.29 is 44.6 Å². The van der Waals surface area contributed by atoms with Crippen LogP contribution in [0.5, 0.6) is 0 Å². The molecule has 6 nitrogen and oxygen atoms in total. The molecule has 12 heteroatoms. The van der Waals surface area contributed by atoms with Gasteiger partial charge in [-0.05, 0) is 137 Å². The summed E-state index contributed by atoms with van der Waals surface area (Å²) in [5, 5.41) is 20.0. The predicted octanol–water partition coefficient (Wildman–Crippen LogP) is 8.69. The van der Waals surface area contributed by atoms with E-state index in [1.165, 1.54) is 72.8 Å². The van der Waals surface area contributed by atoms with Crippen LogP contribution in [-0.4, -0.2) is 49.8 Å². The minimum absolute atomic E-state index is 0.0365. The molecule has 2 saturated carbocycles. The third-order valence-electron chi connectivity index (χ3n) is 10.2. The van der Waals surface area contributed by atoms with E-state index in [1.807, 2.05) is 0 Å². The maximum Gasteiger partial charge on any atom is 0.178 e. The third-order valence-corrected chi connectivity index (χ3v) is 14.0. The zero-order valence-corrected chi connectivity index (χ0v) is 30.8. The fourth-order valence-corrected chi connectivity index (χ4v) is 10.3. The number of hydrogen-bond donors (Lipinski definition) is 2. The van der Waals surface area contributed by atoms with Gasteiger partial charge in [-0.15, -0.1) is 0 Å². The molecule has 2 N–H and O–H groups in total. The zero-order chi connectivity index (χ0) is 37.9. The summed E-state index contributed by atoms with van der Waals surface area (Å²) < 4.78 is 104. The average molecular weight is 761 g/mol. The highest BCUT2D eigenvalue weighted by atomic mass is 32.2. The van der Waals surface area contributed by atoms with Gasteiger partial charge in [-0.25, -0.2) is 34.4 Å². The van der Waals surface area contributed by atoms with E-state index in [2.05, 4.69) is 0 Å². The van der Waals surface area contributed by atoms with Gasteiger partial charge < -0.3 is 10.2 Å². The second kappa shape index (κ2) is 15.8. The molecule has 4 aromatic rings. The summed E-state index contributed by atoms with van der Waals surface area (Å²) in [6.45, 7) is 3.57. The van der Waals surface area contributed by atoms with E-state index in [9.17, 15) is 44.6 Å². The molecule has 0 saturated heterocycles. The Bertz CT molecular complexity index is 1910. The summed E-state index contributed by atoms with van der Waals surface area (Å²) >= 11 is 0. The molecule has 0 spiro atoms. The van der Waals surface area contributed by atoms with Crippen LogP contribution in [0.25, 0.3) is 22.3 Å². The molecule has 2 aliphatic rings. The smallest absolute Gasteiger partial charge is 0.178 e. The normalized spacial score (nSPS) is 23.8. The summed E-state index contributed by atoms with van der Waals surface area (Å²) in [4.78, 5) is 0.391. The van der Waals surface area contributed by atoms with Crippen LogP contribution in [0.15, 0.2) is 94.7 Å². The number of benzene rings is 4. The standard InChI is InChI=1S/2C20H22F2O3S/c2*1-20(23)10-8-14(9-11-20)13-26(24,25)17-5-2-15(3-6-17)18-7-4-16(21)12-19(18)22/h2*2-7,12,14,23H,8-11,13H2,1H3. The number of hydrogen-bond acceptors (Lipinski definition) is 6. The van der Waals surface area contributed by atoms with Crippen molar-refractivity contribution in [2.75, 3.05) is 11.5 Å². The van der Waals surface area contributed by atoms with E-state index in [-0.39, 0.29) is 44.3 Å². The summed E-state index contributed by atoms with van der Waals surface area (Å²) in [7, 11) is -6.90. The van der Waals surface area contributed by atoms with Crippen LogP contribution in [0.2, 0.25) is 0 Å². The zero-order valence-electron chi connectivity index (χ0n) is 29.2. The van der Waals surface area contributed by atoms with Gasteiger partial charge in [0.25, 0.3) is 0 Å². The SMILES string of the molecule is CC1(O)CCC(CS(=O)(=O)c2ccc(-c3ccc(F)cc3F)cc2)CC1.CC1(O)CCC(CS(=O)(=O)c2ccc(-c3ccc(F)cc3F)cc2)CC1. The number of aliphatic hydroxyl groups is 2. The van der Waals surface area contributed by atoms with E-state index >= 15 is 0 Å². The van der Waals surface area contributed by atoms with E-state index in [1.54, 1.807) is 13.8 Å². The Kier molecular flexibility index (Phi) is 12.0. The summed E-state index contributed by atoms with van der Waals surface area (Å²) in [5.74, 6) is -2.51. The van der Waals surface area contributed by atoms with Crippen molar-refractivity contribution >= 4 is 19.7 Å². The van der Waals surface area contributed by atoms with Gasteiger partial charge in [-0.1, -0.05) is 24.3 Å². The van der Waals surface area contributed by atoms with Crippen molar-refractivity contribution in [1.82, 2.24) is 0 Å². The Morgan fingerprint density at radius 1 is 0.538 bits per heavy atom. The van der Waals surface area contributed by atoms with Crippen LogP contribution in [0.3, 0.4) is 0 Å². The maximum absolute atomic E-state index is 13.9. The van der Waals surface area contributed by atoms with E-state index < -0.39 is 54.1 Å². The molecule has 2 fully saturated rings. The van der Waals surface area contributed by atoms with Crippen molar-refractivity contribution in [3.05, 3.63) is 108 Å². The summed E-state index contributed by atoms with van der Waals surface area (Å²) in [6, 6.07) is 18.6. The van der Waals surface area contributed by atoms with Crippen molar-refractivity contribution in [1.29, 1.82) is 0 Å². The van der Waals surface area contributed by atoms with Gasteiger partial charge in [0, 0.05) is 23.3 Å². The molecule has 0 amide bonds. The summed E-state index contributed by atoms with van der Waals surface area (Å²) in [5.41, 5.74) is 0.0579. The predicted molar refractivity (Wildman–Crippen MR) is 193 cm³/mol. The topological polar surface area (TPSA) is 109 Å². The number of halogens is 4. The van der Waals surface area contributed by atoms with Gasteiger partial charge in [-0.3, -0.25) is 0 Å². The lowest BCUT2D eigenvalue weighted by Gasteiger charge is -2.32. The Morgan fingerprint density at radius 3 is 1.13 bits per heavy atom. The molecule has 0 radical (unpaired) electrons. The Balaban J connectivity index is 0.000000201. The van der Waals surface area contributed by atoms with Gasteiger partial charge in [0.05, 0.1) is 32.5 Å². The quantitative estimate of drug-likeness (QED) is 0.174. The van der Waals surface area contributed by atoms with Crippen LogP contribution < -0.4 is 0 Å². The molecule has 4 aromatic carbocycles. The van der Waals surface area contributed by atoms with Gasteiger partial charge in [0.15, 0.2) is 19.7 Å². The van der Waals surface area contributed by atoms with Crippen molar-refractivity contribution in [2.24, 2.45) is 11.8 Å². The monoisotopic (exact) mass is 760 g/mol. The molecular formula is C40H44F4O6S2. The lowest BCUT2D eigenvalue weighted by atomic mass is 9.81. The molecule has 0 aliphatic heterocycles. The van der Waals surface area contributed by atoms with Crippen molar-refractivity contribution in [3.8, 4) is 22.3 Å². The Labute approximate surface area is 303 Å². The highest BCUT2D eigenvalue weighted by molar-refractivity contribution is 7.91. The molecule has 280 valence electrons. The van der Waals surface area contributed by atoms with Crippen LogP contribution in [0, 0.1) is 35.1 Å². The second-order valence-electron chi connectivity index (χ2n) is 14.7. The largest absolute Gasteiger partial charge is 0.390 e. The van der Waals surface area contributed by atoms with Gasteiger partial charge in [0.2, 0.25) is 0 Å². The maximum atomic E-state index is 13.9. The van der Waals surface area contributed by atoms with Gasteiger partial charge in [0.1, 0.15) is 23.3 Å². The Hall–Kier alpha value is -3.58.